The summed E-state index contributed by atoms with van der Waals surface area (Å²) in [4.78, 5) is 86.2. The number of carboxylic acid groups (broad SMARTS) is 3. The molecule has 18 nitrogen and oxygen atoms in total. The van der Waals surface area contributed by atoms with Crippen molar-refractivity contribution in [1.82, 2.24) is 16.0 Å². The van der Waals surface area contributed by atoms with Crippen LogP contribution in [0.5, 0.6) is 0 Å². The molecule has 0 rings (SSSR count). The molecule has 0 aromatic heterocycles. The van der Waals surface area contributed by atoms with Crippen LogP contribution < -0.4 is 38.9 Å². The van der Waals surface area contributed by atoms with Crippen LogP contribution in [0.4, 0.5) is 0 Å². The zero-order valence-electron chi connectivity index (χ0n) is 20.4. The first-order valence-electron chi connectivity index (χ1n) is 11.3. The molecule has 18 heteroatoms. The van der Waals surface area contributed by atoms with Gasteiger partial charge in [0.1, 0.15) is 18.1 Å². The van der Waals surface area contributed by atoms with Gasteiger partial charge in [-0.2, -0.15) is 0 Å². The van der Waals surface area contributed by atoms with Crippen LogP contribution in [-0.2, 0) is 33.6 Å². The average Bonchev–Trinajstić information content (AvgIpc) is 2.80. The molecule has 4 amide bonds. The molecule has 0 heterocycles. The molecule has 38 heavy (non-hydrogen) atoms. The highest BCUT2D eigenvalue weighted by molar-refractivity contribution is 5.95. The number of rotatable bonds is 19. The predicted octanol–water partition coefficient (Wildman–Crippen LogP) is -4.49. The van der Waals surface area contributed by atoms with Crippen LogP contribution in [-0.4, -0.2) is 93.5 Å². The molecule has 0 saturated carbocycles. The van der Waals surface area contributed by atoms with Gasteiger partial charge in [-0.15, -0.1) is 0 Å². The number of nitrogens with one attached hydrogen (secondary N) is 3. The maximum Gasteiger partial charge on any atom is 0.326 e. The quantitative estimate of drug-likeness (QED) is 0.0415. The normalized spacial score (nSPS) is 13.6. The summed E-state index contributed by atoms with van der Waals surface area (Å²) < 4.78 is 0. The predicted molar refractivity (Wildman–Crippen MR) is 129 cm³/mol. The Morgan fingerprint density at radius 2 is 1.21 bits per heavy atom. The van der Waals surface area contributed by atoms with E-state index in [1.165, 1.54) is 0 Å². The first kappa shape index (κ1) is 33.5. The zero-order valence-corrected chi connectivity index (χ0v) is 20.4. The largest absolute Gasteiger partial charge is 0.481 e. The van der Waals surface area contributed by atoms with E-state index in [1.54, 1.807) is 0 Å². The van der Waals surface area contributed by atoms with Crippen LogP contribution in [0.15, 0.2) is 4.99 Å². The number of aliphatic imine (C=N–C) groups is 1. The third kappa shape index (κ3) is 14.8. The average molecular weight is 547 g/mol. The van der Waals surface area contributed by atoms with Gasteiger partial charge in [-0.1, -0.05) is 0 Å². The molecule has 14 N–H and O–H groups in total. The van der Waals surface area contributed by atoms with Crippen LogP contribution in [0.1, 0.15) is 44.9 Å². The van der Waals surface area contributed by atoms with Crippen molar-refractivity contribution >= 4 is 47.5 Å². The molecule has 0 radical (unpaired) electrons. The second-order valence-electron chi connectivity index (χ2n) is 8.11. The molecule has 0 aliphatic heterocycles. The fourth-order valence-electron chi connectivity index (χ4n) is 2.94. The lowest BCUT2D eigenvalue weighted by Crippen LogP contribution is -2.57. The first-order valence-corrected chi connectivity index (χ1v) is 11.3. The molecule has 0 aromatic rings. The second-order valence-corrected chi connectivity index (χ2v) is 8.11. The highest BCUT2D eigenvalue weighted by Gasteiger charge is 2.31. The van der Waals surface area contributed by atoms with Crippen LogP contribution in [0.2, 0.25) is 0 Å². The molecule has 0 aliphatic carbocycles. The Morgan fingerprint density at radius 3 is 1.71 bits per heavy atom. The summed E-state index contributed by atoms with van der Waals surface area (Å²) in [7, 11) is 0. The van der Waals surface area contributed by atoms with Gasteiger partial charge in [0.2, 0.25) is 23.6 Å². The highest BCUT2D eigenvalue weighted by Crippen LogP contribution is 2.05. The summed E-state index contributed by atoms with van der Waals surface area (Å²) in [6.45, 7) is 0.166. The maximum absolute atomic E-state index is 12.8. The minimum absolute atomic E-state index is 0.0789. The van der Waals surface area contributed by atoms with Gasteiger partial charge in [-0.3, -0.25) is 33.8 Å². The van der Waals surface area contributed by atoms with E-state index in [0.29, 0.717) is 6.42 Å². The molecule has 0 saturated heterocycles. The molecule has 0 fully saturated rings. The highest BCUT2D eigenvalue weighted by atomic mass is 16.4. The minimum atomic E-state index is -1.71. The number of aliphatic carboxylic acids is 3. The molecule has 0 bridgehead atoms. The number of carbonyl (C=O) groups excluding carboxylic acids is 4. The summed E-state index contributed by atoms with van der Waals surface area (Å²) in [5, 5.41) is 33.7. The number of nitrogens with two attached hydrogens (primary N) is 4. The summed E-state index contributed by atoms with van der Waals surface area (Å²) in [5.41, 5.74) is 21.1. The van der Waals surface area contributed by atoms with Crippen molar-refractivity contribution in [3.05, 3.63) is 0 Å². The first-order chi connectivity index (χ1) is 17.6. The number of amides is 4. The summed E-state index contributed by atoms with van der Waals surface area (Å²) in [6.07, 6.45) is -2.45. The molecular weight excluding hydrogens is 512 g/mol. The number of carbonyl (C=O) groups is 7. The number of guanidine groups is 1. The molecule has 4 atom stereocenters. The topological polar surface area (TPSA) is 333 Å². The van der Waals surface area contributed by atoms with Crippen molar-refractivity contribution < 1.29 is 48.9 Å². The van der Waals surface area contributed by atoms with Crippen molar-refractivity contribution in [3.63, 3.8) is 0 Å². The van der Waals surface area contributed by atoms with E-state index < -0.39 is 85.0 Å². The lowest BCUT2D eigenvalue weighted by Gasteiger charge is -2.24. The summed E-state index contributed by atoms with van der Waals surface area (Å²) in [5.74, 6) is -8.52. The summed E-state index contributed by atoms with van der Waals surface area (Å²) in [6, 6.07) is -6.10. The van der Waals surface area contributed by atoms with Gasteiger partial charge >= 0.3 is 17.9 Å². The van der Waals surface area contributed by atoms with Crippen molar-refractivity contribution in [2.24, 2.45) is 27.9 Å². The Labute approximate surface area is 216 Å². The van der Waals surface area contributed by atoms with Crippen LogP contribution in [0, 0.1) is 0 Å². The monoisotopic (exact) mass is 546 g/mol. The fraction of sp³-hybridized carbons (Fsp3) is 0.600. The van der Waals surface area contributed by atoms with Gasteiger partial charge in [-0.05, 0) is 25.7 Å². The molecule has 4 unspecified atom stereocenters. The van der Waals surface area contributed by atoms with Gasteiger partial charge in [-0.25, -0.2) is 4.79 Å². The number of hydrogen-bond donors (Lipinski definition) is 10. The molecule has 0 aromatic carbocycles. The Morgan fingerprint density at radius 1 is 0.684 bits per heavy atom. The van der Waals surface area contributed by atoms with E-state index in [0.717, 1.165) is 0 Å². The van der Waals surface area contributed by atoms with Gasteiger partial charge < -0.3 is 54.2 Å². The Balaban J connectivity index is 5.52. The van der Waals surface area contributed by atoms with Crippen molar-refractivity contribution in [3.8, 4) is 0 Å². The van der Waals surface area contributed by atoms with Crippen molar-refractivity contribution in [1.29, 1.82) is 0 Å². The van der Waals surface area contributed by atoms with E-state index in [-0.39, 0.29) is 31.8 Å². The van der Waals surface area contributed by atoms with E-state index in [2.05, 4.69) is 20.9 Å². The lowest BCUT2D eigenvalue weighted by atomic mass is 10.1. The van der Waals surface area contributed by atoms with Crippen LogP contribution in [0.25, 0.3) is 0 Å². The molecular formula is C20H34N8O10. The van der Waals surface area contributed by atoms with Gasteiger partial charge in [0.15, 0.2) is 5.96 Å². The smallest absolute Gasteiger partial charge is 0.326 e. The van der Waals surface area contributed by atoms with Crippen molar-refractivity contribution in [2.45, 2.75) is 69.1 Å². The second kappa shape index (κ2) is 17.1. The van der Waals surface area contributed by atoms with E-state index in [4.69, 9.17) is 33.1 Å². The van der Waals surface area contributed by atoms with Gasteiger partial charge in [0.05, 0.1) is 12.5 Å². The van der Waals surface area contributed by atoms with Gasteiger partial charge in [0, 0.05) is 19.4 Å². The lowest BCUT2D eigenvalue weighted by molar-refractivity contribution is -0.144. The molecule has 214 valence electrons. The van der Waals surface area contributed by atoms with Crippen LogP contribution >= 0.6 is 0 Å². The fourth-order valence-corrected chi connectivity index (χ4v) is 2.94. The Bertz CT molecular complexity index is 921. The SMILES string of the molecule is NC(=O)CCC(NC(=O)C(CCC(=O)O)NC(=O)C(CC(=O)O)NC(=O)C(N)CCCN=C(N)N)C(=O)O. The maximum atomic E-state index is 12.8. The van der Waals surface area contributed by atoms with Crippen molar-refractivity contribution in [2.75, 3.05) is 6.54 Å². The molecule has 0 spiro atoms. The van der Waals surface area contributed by atoms with E-state index >= 15 is 0 Å². The zero-order chi connectivity index (χ0) is 29.4. The Hall–Kier alpha value is -4.48. The third-order valence-electron chi connectivity index (χ3n) is 4.89. The third-order valence-corrected chi connectivity index (χ3v) is 4.89. The number of hydrogen-bond acceptors (Lipinski definition) is 9. The van der Waals surface area contributed by atoms with Gasteiger partial charge in [0.25, 0.3) is 0 Å². The summed E-state index contributed by atoms with van der Waals surface area (Å²) >= 11 is 0. The number of carboxylic acids is 3. The molecule has 0 aliphatic rings. The number of primary amides is 1. The van der Waals surface area contributed by atoms with Crippen LogP contribution in [0.3, 0.4) is 0 Å². The standard InChI is InChI=1S/C20H34N8O10/c21-9(2-1-7-25-20(23)24)16(34)28-12(8-15(32)33)18(36)26-10(4-6-14(30)31)17(35)27-11(19(37)38)3-5-13(22)29/h9-12H,1-8,21H2,(H2,22,29)(H,26,36)(H,27,35)(H,28,34)(H,30,31)(H,32,33)(H,37,38)(H4,23,24,25). The number of nitrogens with zero attached hydrogens (tertiary/aromatic N) is 1. The Kier molecular flexibility index (Phi) is 15.0. The minimum Gasteiger partial charge on any atom is -0.481 e. The van der Waals surface area contributed by atoms with E-state index in [1.807, 2.05) is 0 Å². The van der Waals surface area contributed by atoms with E-state index in [9.17, 15) is 38.7 Å².